The van der Waals surface area contributed by atoms with Crippen LogP contribution < -0.4 is 0 Å². The number of thiophene rings is 1. The van der Waals surface area contributed by atoms with Crippen molar-refractivity contribution in [3.63, 3.8) is 0 Å². The second kappa shape index (κ2) is 7.92. The minimum Gasteiger partial charge on any atom is -0.338 e. The second-order valence-electron chi connectivity index (χ2n) is 8.45. The minimum absolute atomic E-state index is 0.158. The van der Waals surface area contributed by atoms with Crippen molar-refractivity contribution in [3.05, 3.63) is 89.4 Å². The summed E-state index contributed by atoms with van der Waals surface area (Å²) in [5, 5.41) is 11.5. The molecule has 5 heteroatoms. The molecule has 0 bridgehead atoms. The Kier molecular flexibility index (Phi) is 4.76. The van der Waals surface area contributed by atoms with Gasteiger partial charge in [-0.25, -0.2) is 0 Å². The lowest BCUT2D eigenvalue weighted by Gasteiger charge is -2.31. The molecule has 0 atom stereocenters. The fourth-order valence-electron chi connectivity index (χ4n) is 4.77. The van der Waals surface area contributed by atoms with E-state index in [1.165, 1.54) is 21.2 Å². The Hall–Kier alpha value is -3.44. The van der Waals surface area contributed by atoms with Gasteiger partial charge in [-0.1, -0.05) is 60.7 Å². The quantitative estimate of drug-likeness (QED) is 0.352. The van der Waals surface area contributed by atoms with Gasteiger partial charge in [-0.15, -0.1) is 11.3 Å². The normalized spacial score (nSPS) is 14.9. The van der Waals surface area contributed by atoms with Crippen molar-refractivity contribution >= 4 is 38.1 Å². The second-order valence-corrected chi connectivity index (χ2v) is 9.53. The van der Waals surface area contributed by atoms with Crippen LogP contribution in [0.5, 0.6) is 0 Å². The number of amides is 1. The molecular formula is C27H23N3OS. The van der Waals surface area contributed by atoms with Crippen molar-refractivity contribution in [2.45, 2.75) is 18.8 Å². The summed E-state index contributed by atoms with van der Waals surface area (Å²) in [5.41, 5.74) is 3.31. The predicted octanol–water partition coefficient (Wildman–Crippen LogP) is 6.46. The van der Waals surface area contributed by atoms with E-state index >= 15 is 0 Å². The van der Waals surface area contributed by atoms with E-state index in [0.717, 1.165) is 47.5 Å². The standard InChI is InChI=1S/C27H23N3OS/c31-27(26-16-20-7-2-4-11-25(20)32-26)30-14-12-19(13-15-30)23-17-24(29-28-23)22-10-5-8-18-6-1-3-9-21(18)22/h1-11,16-17,19H,12-15H2,(H,28,29). The van der Waals surface area contributed by atoms with Gasteiger partial charge < -0.3 is 4.90 Å². The number of benzene rings is 3. The molecule has 1 saturated heterocycles. The first-order valence-electron chi connectivity index (χ1n) is 11.1. The number of nitrogens with one attached hydrogen (secondary N) is 1. The number of carbonyl (C=O) groups is 1. The average Bonchev–Trinajstić information content (AvgIpc) is 3.51. The third kappa shape index (κ3) is 3.39. The summed E-state index contributed by atoms with van der Waals surface area (Å²) in [4.78, 5) is 15.9. The van der Waals surface area contributed by atoms with Crippen molar-refractivity contribution < 1.29 is 4.79 Å². The molecule has 1 fully saturated rings. The molecule has 3 heterocycles. The van der Waals surface area contributed by atoms with E-state index in [1.54, 1.807) is 11.3 Å². The van der Waals surface area contributed by atoms with Gasteiger partial charge >= 0.3 is 0 Å². The highest BCUT2D eigenvalue weighted by Gasteiger charge is 2.26. The smallest absolute Gasteiger partial charge is 0.263 e. The maximum atomic E-state index is 13.0. The fourth-order valence-corrected chi connectivity index (χ4v) is 5.80. The fraction of sp³-hybridized carbons (Fsp3) is 0.185. The first-order valence-corrected chi connectivity index (χ1v) is 11.9. The average molecular weight is 438 g/mol. The molecule has 1 aliphatic heterocycles. The van der Waals surface area contributed by atoms with Crippen molar-refractivity contribution in [2.24, 2.45) is 0 Å². The van der Waals surface area contributed by atoms with E-state index < -0.39 is 0 Å². The highest BCUT2D eigenvalue weighted by molar-refractivity contribution is 7.20. The lowest BCUT2D eigenvalue weighted by atomic mass is 9.92. The van der Waals surface area contributed by atoms with Crippen LogP contribution in [-0.2, 0) is 0 Å². The zero-order valence-corrected chi connectivity index (χ0v) is 18.4. The molecule has 158 valence electrons. The Balaban J connectivity index is 1.17. The third-order valence-electron chi connectivity index (χ3n) is 6.52. The molecular weight excluding hydrogens is 414 g/mol. The molecule has 6 rings (SSSR count). The van der Waals surface area contributed by atoms with Crippen molar-refractivity contribution in [1.82, 2.24) is 15.1 Å². The lowest BCUT2D eigenvalue weighted by molar-refractivity contribution is 0.0717. The monoisotopic (exact) mass is 437 g/mol. The van der Waals surface area contributed by atoms with E-state index in [9.17, 15) is 4.79 Å². The van der Waals surface area contributed by atoms with Crippen LogP contribution >= 0.6 is 11.3 Å². The molecule has 2 aromatic heterocycles. The van der Waals surface area contributed by atoms with Crippen LogP contribution in [0, 0.1) is 0 Å². The van der Waals surface area contributed by atoms with Gasteiger partial charge in [0.15, 0.2) is 0 Å². The number of hydrogen-bond acceptors (Lipinski definition) is 3. The van der Waals surface area contributed by atoms with Gasteiger partial charge in [-0.2, -0.15) is 5.10 Å². The van der Waals surface area contributed by atoms with E-state index in [2.05, 4.69) is 70.9 Å². The number of nitrogens with zero attached hydrogens (tertiary/aromatic N) is 2. The molecule has 3 aromatic carbocycles. The summed E-state index contributed by atoms with van der Waals surface area (Å²) in [6.45, 7) is 1.56. The van der Waals surface area contributed by atoms with Crippen LogP contribution in [0.25, 0.3) is 32.1 Å². The Morgan fingerprint density at radius 3 is 2.50 bits per heavy atom. The molecule has 0 aliphatic carbocycles. The topological polar surface area (TPSA) is 49.0 Å². The zero-order chi connectivity index (χ0) is 21.5. The predicted molar refractivity (Wildman–Crippen MR) is 131 cm³/mol. The van der Waals surface area contributed by atoms with Gasteiger partial charge in [0.1, 0.15) is 0 Å². The van der Waals surface area contributed by atoms with Crippen LogP contribution in [0.1, 0.15) is 34.1 Å². The molecule has 32 heavy (non-hydrogen) atoms. The minimum atomic E-state index is 0.158. The summed E-state index contributed by atoms with van der Waals surface area (Å²) in [7, 11) is 0. The molecule has 0 radical (unpaired) electrons. The zero-order valence-electron chi connectivity index (χ0n) is 17.6. The molecule has 1 amide bonds. The molecule has 0 saturated carbocycles. The highest BCUT2D eigenvalue weighted by Crippen LogP contribution is 2.33. The van der Waals surface area contributed by atoms with Crippen molar-refractivity contribution in [2.75, 3.05) is 13.1 Å². The third-order valence-corrected chi connectivity index (χ3v) is 7.63. The Morgan fingerprint density at radius 1 is 0.906 bits per heavy atom. The van der Waals surface area contributed by atoms with Gasteiger partial charge in [0.05, 0.1) is 10.6 Å². The van der Waals surface area contributed by atoms with E-state index in [0.29, 0.717) is 5.92 Å². The number of piperidine rings is 1. The summed E-state index contributed by atoms with van der Waals surface area (Å²) in [5.74, 6) is 0.559. The number of fused-ring (bicyclic) bond motifs is 2. The SMILES string of the molecule is O=C(c1cc2ccccc2s1)N1CCC(c2cc(-c3cccc4ccccc34)n[nH]2)CC1. The van der Waals surface area contributed by atoms with Gasteiger partial charge in [0.2, 0.25) is 0 Å². The van der Waals surface area contributed by atoms with Gasteiger partial charge in [0, 0.05) is 35.0 Å². The summed E-state index contributed by atoms with van der Waals surface area (Å²) >= 11 is 1.59. The lowest BCUT2D eigenvalue weighted by Crippen LogP contribution is -2.37. The Bertz CT molecular complexity index is 1390. The van der Waals surface area contributed by atoms with Gasteiger partial charge in [-0.3, -0.25) is 9.89 Å². The molecule has 5 aromatic rings. The van der Waals surface area contributed by atoms with Crippen LogP contribution in [0.2, 0.25) is 0 Å². The first-order chi connectivity index (χ1) is 15.8. The van der Waals surface area contributed by atoms with Crippen molar-refractivity contribution in [3.8, 4) is 11.3 Å². The van der Waals surface area contributed by atoms with Crippen molar-refractivity contribution in [1.29, 1.82) is 0 Å². The van der Waals surface area contributed by atoms with Gasteiger partial charge in [0.25, 0.3) is 5.91 Å². The van der Waals surface area contributed by atoms with Crippen LogP contribution in [0.15, 0.2) is 78.9 Å². The number of hydrogen-bond donors (Lipinski definition) is 1. The van der Waals surface area contributed by atoms with E-state index in [1.807, 2.05) is 23.1 Å². The molecule has 1 aliphatic rings. The number of H-pyrrole nitrogens is 1. The summed E-state index contributed by atoms with van der Waals surface area (Å²) in [6, 6.07) is 27.2. The van der Waals surface area contributed by atoms with Crippen LogP contribution in [-0.4, -0.2) is 34.1 Å². The Labute approximate surface area is 190 Å². The van der Waals surface area contributed by atoms with Crippen LogP contribution in [0.3, 0.4) is 0 Å². The molecule has 4 nitrogen and oxygen atoms in total. The molecule has 1 N–H and O–H groups in total. The van der Waals surface area contributed by atoms with E-state index in [4.69, 9.17) is 0 Å². The largest absolute Gasteiger partial charge is 0.338 e. The number of aromatic nitrogens is 2. The van der Waals surface area contributed by atoms with E-state index in [-0.39, 0.29) is 5.91 Å². The highest BCUT2D eigenvalue weighted by atomic mass is 32.1. The molecule has 0 spiro atoms. The molecule has 0 unspecified atom stereocenters. The Morgan fingerprint density at radius 2 is 1.66 bits per heavy atom. The maximum absolute atomic E-state index is 13.0. The summed E-state index contributed by atoms with van der Waals surface area (Å²) < 4.78 is 1.17. The van der Waals surface area contributed by atoms with Gasteiger partial charge in [-0.05, 0) is 47.2 Å². The maximum Gasteiger partial charge on any atom is 0.263 e. The number of aromatic amines is 1. The summed E-state index contributed by atoms with van der Waals surface area (Å²) in [6.07, 6.45) is 1.90. The number of rotatable bonds is 3. The first kappa shape index (κ1) is 19.3. The number of likely N-dealkylation sites (tertiary alicyclic amines) is 1. The van der Waals surface area contributed by atoms with Crippen LogP contribution in [0.4, 0.5) is 0 Å². The number of carbonyl (C=O) groups excluding carboxylic acids is 1.